The highest BCUT2D eigenvalue weighted by molar-refractivity contribution is 9.09. The number of hydrogen-bond donors (Lipinski definition) is 0. The quantitative estimate of drug-likeness (QED) is 0.714. The Kier molecular flexibility index (Phi) is 2.70. The van der Waals surface area contributed by atoms with Crippen LogP contribution in [0.1, 0.15) is 25.8 Å². The number of halogens is 1. The average Bonchev–Trinajstić information content (AvgIpc) is 2.94. The Morgan fingerprint density at radius 1 is 1.36 bits per heavy atom. The maximum Gasteiger partial charge on any atom is 0.00686 e. The molecule has 0 aromatic heterocycles. The number of hydrogen-bond acceptors (Lipinski definition) is 0. The highest BCUT2D eigenvalue weighted by Gasteiger charge is 2.55. The highest BCUT2D eigenvalue weighted by Crippen LogP contribution is 2.59. The lowest BCUT2D eigenvalue weighted by Crippen LogP contribution is -2.18. The zero-order valence-electron chi connectivity index (χ0n) is 8.83. The van der Waals surface area contributed by atoms with E-state index in [2.05, 4.69) is 60.1 Å². The summed E-state index contributed by atoms with van der Waals surface area (Å²) < 4.78 is 0. The molecule has 14 heavy (non-hydrogen) atoms. The third-order valence-electron chi connectivity index (χ3n) is 3.68. The zero-order valence-corrected chi connectivity index (χ0v) is 10.4. The van der Waals surface area contributed by atoms with E-state index in [1.807, 2.05) is 0 Å². The predicted molar refractivity (Wildman–Crippen MR) is 64.9 cm³/mol. The lowest BCUT2D eigenvalue weighted by molar-refractivity contribution is 0.452. The van der Waals surface area contributed by atoms with E-state index in [4.69, 9.17) is 0 Å². The molecule has 1 aliphatic carbocycles. The molecule has 1 aromatic carbocycles. The van der Waals surface area contributed by atoms with Gasteiger partial charge in [0.2, 0.25) is 0 Å². The fraction of sp³-hybridized carbons (Fsp3) is 0.538. The fourth-order valence-corrected chi connectivity index (χ4v) is 3.49. The van der Waals surface area contributed by atoms with Gasteiger partial charge in [-0.25, -0.2) is 0 Å². The Bertz CT molecular complexity index is 304. The molecular formula is C13H17Br. The van der Waals surface area contributed by atoms with E-state index >= 15 is 0 Å². The number of rotatable bonds is 3. The summed E-state index contributed by atoms with van der Waals surface area (Å²) in [7, 11) is 0. The van der Waals surface area contributed by atoms with Crippen molar-refractivity contribution >= 4 is 15.9 Å². The Labute approximate surface area is 94.8 Å². The number of alkyl halides is 1. The maximum absolute atomic E-state index is 3.62. The first-order chi connectivity index (χ1) is 6.71. The van der Waals surface area contributed by atoms with Crippen molar-refractivity contribution in [2.45, 2.75) is 25.7 Å². The van der Waals surface area contributed by atoms with Crippen LogP contribution in [0, 0.1) is 11.8 Å². The van der Waals surface area contributed by atoms with Crippen LogP contribution in [0.2, 0.25) is 0 Å². The van der Waals surface area contributed by atoms with Crippen LogP contribution in [0.25, 0.3) is 0 Å². The maximum atomic E-state index is 3.62. The van der Waals surface area contributed by atoms with Crippen LogP contribution in [0.5, 0.6) is 0 Å². The normalized spacial score (nSPS) is 30.7. The molecule has 2 unspecified atom stereocenters. The van der Waals surface area contributed by atoms with Gasteiger partial charge in [0.25, 0.3) is 0 Å². The molecule has 0 nitrogen and oxygen atoms in total. The minimum absolute atomic E-state index is 0.463. The minimum atomic E-state index is 0.463. The average molecular weight is 253 g/mol. The van der Waals surface area contributed by atoms with Gasteiger partial charge in [0.05, 0.1) is 0 Å². The standard InChI is InChI=1S/C13H17Br/c1-10(2)13(8-12(13)9-14)11-6-4-3-5-7-11/h3-7,10,12H,8-9H2,1-2H3. The summed E-state index contributed by atoms with van der Waals surface area (Å²) in [6.07, 6.45) is 1.35. The fourth-order valence-electron chi connectivity index (χ4n) is 2.68. The van der Waals surface area contributed by atoms with Crippen molar-refractivity contribution in [3.05, 3.63) is 35.9 Å². The summed E-state index contributed by atoms with van der Waals surface area (Å²) in [5.74, 6) is 1.58. The summed E-state index contributed by atoms with van der Waals surface area (Å²) in [6.45, 7) is 4.69. The molecular weight excluding hydrogens is 236 g/mol. The summed E-state index contributed by atoms with van der Waals surface area (Å²) in [5.41, 5.74) is 1.99. The lowest BCUT2D eigenvalue weighted by Gasteiger charge is -2.22. The van der Waals surface area contributed by atoms with E-state index in [-0.39, 0.29) is 0 Å². The predicted octanol–water partition coefficient (Wildman–Crippen LogP) is 4.00. The van der Waals surface area contributed by atoms with E-state index in [1.54, 1.807) is 0 Å². The van der Waals surface area contributed by atoms with Gasteiger partial charge in [-0.05, 0) is 23.8 Å². The van der Waals surface area contributed by atoms with Crippen LogP contribution in [-0.4, -0.2) is 5.33 Å². The summed E-state index contributed by atoms with van der Waals surface area (Å²) >= 11 is 3.62. The summed E-state index contributed by atoms with van der Waals surface area (Å²) in [4.78, 5) is 0. The van der Waals surface area contributed by atoms with Gasteiger partial charge in [0.15, 0.2) is 0 Å². The van der Waals surface area contributed by atoms with E-state index in [1.165, 1.54) is 12.0 Å². The Morgan fingerprint density at radius 3 is 2.43 bits per heavy atom. The third-order valence-corrected chi connectivity index (χ3v) is 4.46. The molecule has 76 valence electrons. The second kappa shape index (κ2) is 3.69. The largest absolute Gasteiger partial charge is 0.0925 e. The molecule has 1 heteroatoms. The second-order valence-electron chi connectivity index (χ2n) is 4.62. The summed E-state index contributed by atoms with van der Waals surface area (Å²) in [5, 5.41) is 1.14. The van der Waals surface area contributed by atoms with Crippen molar-refractivity contribution in [2.24, 2.45) is 11.8 Å². The van der Waals surface area contributed by atoms with E-state index in [9.17, 15) is 0 Å². The number of benzene rings is 1. The monoisotopic (exact) mass is 252 g/mol. The van der Waals surface area contributed by atoms with Crippen LogP contribution in [0.15, 0.2) is 30.3 Å². The molecule has 2 rings (SSSR count). The van der Waals surface area contributed by atoms with Gasteiger partial charge in [-0.1, -0.05) is 60.1 Å². The Morgan fingerprint density at radius 2 is 2.00 bits per heavy atom. The van der Waals surface area contributed by atoms with Crippen molar-refractivity contribution in [2.75, 3.05) is 5.33 Å². The van der Waals surface area contributed by atoms with E-state index in [0.29, 0.717) is 5.41 Å². The van der Waals surface area contributed by atoms with Gasteiger partial charge < -0.3 is 0 Å². The van der Waals surface area contributed by atoms with Gasteiger partial charge >= 0.3 is 0 Å². The lowest BCUT2D eigenvalue weighted by atomic mass is 9.83. The van der Waals surface area contributed by atoms with E-state index < -0.39 is 0 Å². The van der Waals surface area contributed by atoms with Crippen molar-refractivity contribution in [1.82, 2.24) is 0 Å². The molecule has 0 N–H and O–H groups in total. The zero-order chi connectivity index (χ0) is 10.2. The molecule has 0 bridgehead atoms. The smallest absolute Gasteiger partial charge is 0.00686 e. The van der Waals surface area contributed by atoms with Crippen molar-refractivity contribution in [3.63, 3.8) is 0 Å². The van der Waals surface area contributed by atoms with Crippen LogP contribution in [-0.2, 0) is 5.41 Å². The van der Waals surface area contributed by atoms with Gasteiger partial charge in [0.1, 0.15) is 0 Å². The van der Waals surface area contributed by atoms with E-state index in [0.717, 1.165) is 17.2 Å². The molecule has 1 fully saturated rings. The Balaban J connectivity index is 2.31. The topological polar surface area (TPSA) is 0 Å². The van der Waals surface area contributed by atoms with Crippen molar-refractivity contribution in [3.8, 4) is 0 Å². The van der Waals surface area contributed by atoms with Crippen LogP contribution < -0.4 is 0 Å². The SMILES string of the molecule is CC(C)C1(c2ccccc2)CC1CBr. The first-order valence-electron chi connectivity index (χ1n) is 5.33. The molecule has 0 amide bonds. The molecule has 0 aliphatic heterocycles. The van der Waals surface area contributed by atoms with Gasteiger partial charge in [0, 0.05) is 10.7 Å². The highest BCUT2D eigenvalue weighted by atomic mass is 79.9. The molecule has 1 aromatic rings. The molecule has 1 aliphatic rings. The molecule has 0 heterocycles. The second-order valence-corrected chi connectivity index (χ2v) is 5.26. The summed E-state index contributed by atoms with van der Waals surface area (Å²) in [6, 6.07) is 11.0. The van der Waals surface area contributed by atoms with Gasteiger partial charge in [-0.3, -0.25) is 0 Å². The molecule has 0 saturated heterocycles. The van der Waals surface area contributed by atoms with Gasteiger partial charge in [-0.2, -0.15) is 0 Å². The molecule has 1 saturated carbocycles. The van der Waals surface area contributed by atoms with Gasteiger partial charge in [-0.15, -0.1) is 0 Å². The molecule has 2 atom stereocenters. The van der Waals surface area contributed by atoms with Crippen molar-refractivity contribution in [1.29, 1.82) is 0 Å². The molecule has 0 spiro atoms. The van der Waals surface area contributed by atoms with Crippen LogP contribution in [0.4, 0.5) is 0 Å². The first-order valence-corrected chi connectivity index (χ1v) is 6.45. The Hall–Kier alpha value is -0.300. The minimum Gasteiger partial charge on any atom is -0.0925 e. The first kappa shape index (κ1) is 10.2. The third kappa shape index (κ3) is 1.42. The van der Waals surface area contributed by atoms with Crippen LogP contribution >= 0.6 is 15.9 Å². The van der Waals surface area contributed by atoms with Crippen LogP contribution in [0.3, 0.4) is 0 Å². The molecule has 0 radical (unpaired) electrons. The van der Waals surface area contributed by atoms with Crippen molar-refractivity contribution < 1.29 is 0 Å².